The van der Waals surface area contributed by atoms with E-state index in [2.05, 4.69) is 15.3 Å². The van der Waals surface area contributed by atoms with Crippen LogP contribution < -0.4 is 5.32 Å². The lowest BCUT2D eigenvalue weighted by Gasteiger charge is -2.32. The van der Waals surface area contributed by atoms with Crippen molar-refractivity contribution in [2.24, 2.45) is 0 Å². The van der Waals surface area contributed by atoms with Gasteiger partial charge in [0.25, 0.3) is 5.91 Å². The Morgan fingerprint density at radius 3 is 2.44 bits per heavy atom. The molecule has 0 radical (unpaired) electrons. The number of nitrogens with zero attached hydrogens (tertiary/aromatic N) is 4. The van der Waals surface area contributed by atoms with E-state index < -0.39 is 0 Å². The molecule has 3 rings (SSSR count). The Kier molecular flexibility index (Phi) is 5.35. The van der Waals surface area contributed by atoms with Crippen molar-refractivity contribution in [3.8, 4) is 0 Å². The van der Waals surface area contributed by atoms with Gasteiger partial charge in [-0.3, -0.25) is 9.59 Å². The number of hydrogen-bond acceptors (Lipinski definition) is 5. The highest BCUT2D eigenvalue weighted by Crippen LogP contribution is 2.27. The number of aromatic nitrogens is 2. The number of carbonyl (C=O) groups is 2. The van der Waals surface area contributed by atoms with Crippen molar-refractivity contribution in [3.05, 3.63) is 46.2 Å². The topological polar surface area (TPSA) is 78.4 Å². The number of halogens is 2. The standard InChI is InChI=1S/C16H15Cl2N5O2/c17-12-1-2-13(18)14(7-12)21-16-19-8-11(9-20-16)15(25)23-5-3-22(10-24)4-6-23/h1-2,7-10H,3-6H2,(H,19,20,21). The van der Waals surface area contributed by atoms with Crippen LogP contribution in [-0.2, 0) is 4.79 Å². The molecule has 1 fully saturated rings. The zero-order valence-electron chi connectivity index (χ0n) is 13.2. The molecule has 0 unspecified atom stereocenters. The second-order valence-electron chi connectivity index (χ2n) is 5.48. The molecule has 0 bridgehead atoms. The van der Waals surface area contributed by atoms with Gasteiger partial charge in [0.1, 0.15) is 0 Å². The highest BCUT2D eigenvalue weighted by Gasteiger charge is 2.21. The molecule has 25 heavy (non-hydrogen) atoms. The van der Waals surface area contributed by atoms with Crippen molar-refractivity contribution in [3.63, 3.8) is 0 Å². The molecule has 1 aliphatic heterocycles. The molecular formula is C16H15Cl2N5O2. The van der Waals surface area contributed by atoms with Crippen LogP contribution in [-0.4, -0.2) is 58.3 Å². The zero-order chi connectivity index (χ0) is 17.8. The summed E-state index contributed by atoms with van der Waals surface area (Å²) in [6.07, 6.45) is 3.72. The Bertz CT molecular complexity index is 777. The molecule has 7 nitrogen and oxygen atoms in total. The van der Waals surface area contributed by atoms with E-state index >= 15 is 0 Å². The molecule has 2 heterocycles. The molecule has 2 aromatic rings. The van der Waals surface area contributed by atoms with Gasteiger partial charge in [-0.25, -0.2) is 9.97 Å². The first-order chi connectivity index (χ1) is 12.1. The number of piperazine rings is 1. The molecule has 1 saturated heterocycles. The summed E-state index contributed by atoms with van der Waals surface area (Å²) in [7, 11) is 0. The highest BCUT2D eigenvalue weighted by atomic mass is 35.5. The highest BCUT2D eigenvalue weighted by molar-refractivity contribution is 6.35. The van der Waals surface area contributed by atoms with E-state index in [-0.39, 0.29) is 5.91 Å². The SMILES string of the molecule is O=CN1CCN(C(=O)c2cnc(Nc3cc(Cl)ccc3Cl)nc2)CC1. The average Bonchev–Trinajstić information content (AvgIpc) is 2.65. The van der Waals surface area contributed by atoms with E-state index in [1.54, 1.807) is 28.0 Å². The summed E-state index contributed by atoms with van der Waals surface area (Å²) in [5, 5.41) is 3.99. The van der Waals surface area contributed by atoms with Gasteiger partial charge in [0, 0.05) is 43.6 Å². The van der Waals surface area contributed by atoms with Gasteiger partial charge in [-0.15, -0.1) is 0 Å². The molecule has 2 amide bonds. The predicted octanol–water partition coefficient (Wildman–Crippen LogP) is 2.44. The summed E-state index contributed by atoms with van der Waals surface area (Å²) in [5.74, 6) is 0.157. The maximum absolute atomic E-state index is 12.4. The third-order valence-corrected chi connectivity index (χ3v) is 4.39. The predicted molar refractivity (Wildman–Crippen MR) is 95.3 cm³/mol. The van der Waals surface area contributed by atoms with Crippen LogP contribution in [0.1, 0.15) is 10.4 Å². The summed E-state index contributed by atoms with van der Waals surface area (Å²) in [4.78, 5) is 34.8. The van der Waals surface area contributed by atoms with Crippen LogP contribution in [0.3, 0.4) is 0 Å². The number of anilines is 2. The summed E-state index contributed by atoms with van der Waals surface area (Å²) < 4.78 is 0. The first-order valence-electron chi connectivity index (χ1n) is 7.59. The Morgan fingerprint density at radius 1 is 1.12 bits per heavy atom. The van der Waals surface area contributed by atoms with Gasteiger partial charge in [-0.1, -0.05) is 23.2 Å². The van der Waals surface area contributed by atoms with Gasteiger partial charge in [0.2, 0.25) is 12.4 Å². The third kappa shape index (κ3) is 4.18. The monoisotopic (exact) mass is 379 g/mol. The minimum Gasteiger partial charge on any atom is -0.342 e. The number of nitrogens with one attached hydrogen (secondary N) is 1. The summed E-state index contributed by atoms with van der Waals surface area (Å²) in [6, 6.07) is 5.02. The largest absolute Gasteiger partial charge is 0.342 e. The number of hydrogen-bond donors (Lipinski definition) is 1. The fourth-order valence-electron chi connectivity index (χ4n) is 2.43. The molecule has 0 saturated carbocycles. The van der Waals surface area contributed by atoms with Gasteiger partial charge in [-0.05, 0) is 18.2 Å². The molecule has 130 valence electrons. The molecule has 0 aliphatic carbocycles. The molecular weight excluding hydrogens is 365 g/mol. The lowest BCUT2D eigenvalue weighted by molar-refractivity contribution is -0.119. The van der Waals surface area contributed by atoms with Crippen LogP contribution in [0.25, 0.3) is 0 Å². The van der Waals surface area contributed by atoms with Gasteiger partial charge >= 0.3 is 0 Å². The minimum atomic E-state index is -0.155. The van der Waals surface area contributed by atoms with Crippen LogP contribution in [0.5, 0.6) is 0 Å². The summed E-state index contributed by atoms with van der Waals surface area (Å²) in [5.41, 5.74) is 0.973. The summed E-state index contributed by atoms with van der Waals surface area (Å²) >= 11 is 12.0. The van der Waals surface area contributed by atoms with E-state index in [9.17, 15) is 9.59 Å². The van der Waals surface area contributed by atoms with Crippen molar-refractivity contribution in [1.29, 1.82) is 0 Å². The molecule has 1 aromatic carbocycles. The fraction of sp³-hybridized carbons (Fsp3) is 0.250. The van der Waals surface area contributed by atoms with Crippen molar-refractivity contribution in [1.82, 2.24) is 19.8 Å². The maximum Gasteiger partial charge on any atom is 0.257 e. The Hall–Kier alpha value is -2.38. The fourth-order valence-corrected chi connectivity index (χ4v) is 2.77. The van der Waals surface area contributed by atoms with E-state index in [0.717, 1.165) is 6.41 Å². The number of rotatable bonds is 4. The van der Waals surface area contributed by atoms with Crippen molar-refractivity contribution in [2.45, 2.75) is 0 Å². The average molecular weight is 380 g/mol. The van der Waals surface area contributed by atoms with Gasteiger partial charge < -0.3 is 15.1 Å². The first kappa shape index (κ1) is 17.4. The van der Waals surface area contributed by atoms with Crippen LogP contribution in [0.2, 0.25) is 10.0 Å². The normalized spacial score (nSPS) is 14.3. The summed E-state index contributed by atoms with van der Waals surface area (Å²) in [6.45, 7) is 2.05. The van der Waals surface area contributed by atoms with Crippen LogP contribution in [0, 0.1) is 0 Å². The molecule has 0 atom stereocenters. The minimum absolute atomic E-state index is 0.155. The van der Waals surface area contributed by atoms with E-state index in [0.29, 0.717) is 53.4 Å². The van der Waals surface area contributed by atoms with Gasteiger partial charge in [0.15, 0.2) is 0 Å². The zero-order valence-corrected chi connectivity index (χ0v) is 14.7. The number of carbonyl (C=O) groups excluding carboxylic acids is 2. The van der Waals surface area contributed by atoms with E-state index in [1.807, 2.05) is 0 Å². The van der Waals surface area contributed by atoms with Crippen molar-refractivity contribution < 1.29 is 9.59 Å². The van der Waals surface area contributed by atoms with Crippen molar-refractivity contribution in [2.75, 3.05) is 31.5 Å². The molecule has 9 heteroatoms. The lowest BCUT2D eigenvalue weighted by atomic mass is 10.2. The Morgan fingerprint density at radius 2 is 1.80 bits per heavy atom. The van der Waals surface area contributed by atoms with Crippen LogP contribution >= 0.6 is 23.2 Å². The van der Waals surface area contributed by atoms with E-state index in [1.165, 1.54) is 12.4 Å². The molecule has 0 spiro atoms. The number of amides is 2. The van der Waals surface area contributed by atoms with Gasteiger partial charge in [0.05, 0.1) is 16.3 Å². The second kappa shape index (κ2) is 7.67. The second-order valence-corrected chi connectivity index (χ2v) is 6.32. The smallest absolute Gasteiger partial charge is 0.257 e. The van der Waals surface area contributed by atoms with E-state index in [4.69, 9.17) is 23.2 Å². The lowest BCUT2D eigenvalue weighted by Crippen LogP contribution is -2.48. The van der Waals surface area contributed by atoms with Crippen LogP contribution in [0.4, 0.5) is 11.6 Å². The third-order valence-electron chi connectivity index (χ3n) is 3.82. The van der Waals surface area contributed by atoms with Gasteiger partial charge in [-0.2, -0.15) is 0 Å². The molecule has 1 N–H and O–H groups in total. The first-order valence-corrected chi connectivity index (χ1v) is 8.35. The number of benzene rings is 1. The molecule has 1 aromatic heterocycles. The van der Waals surface area contributed by atoms with Crippen LogP contribution in [0.15, 0.2) is 30.6 Å². The maximum atomic E-state index is 12.4. The quantitative estimate of drug-likeness (QED) is 0.825. The Balaban J connectivity index is 1.67. The molecule has 1 aliphatic rings. The van der Waals surface area contributed by atoms with Crippen molar-refractivity contribution >= 4 is 47.2 Å². The Labute approximate surface area is 154 Å².